The van der Waals surface area contributed by atoms with Crippen molar-refractivity contribution in [1.82, 2.24) is 21.3 Å². The quantitative estimate of drug-likeness (QED) is 0.128. The molecule has 0 saturated heterocycles. The van der Waals surface area contributed by atoms with Crippen LogP contribution in [0, 0.1) is 23.2 Å². The highest BCUT2D eigenvalue weighted by molar-refractivity contribution is 7.98. The van der Waals surface area contributed by atoms with E-state index >= 15 is 0 Å². The van der Waals surface area contributed by atoms with Crippen molar-refractivity contribution in [3.8, 4) is 5.75 Å². The Kier molecular flexibility index (Phi) is 14.0. The average molecular weight is 808 g/mol. The smallest absolute Gasteiger partial charge is 0.408 e. The summed E-state index contributed by atoms with van der Waals surface area (Å²) in [5, 5.41) is 20.5. The maximum absolute atomic E-state index is 14.8. The van der Waals surface area contributed by atoms with Gasteiger partial charge < -0.3 is 41.6 Å². The first kappa shape index (κ1) is 43.5. The molecule has 4 aliphatic rings. The number of phenols is 1. The minimum atomic E-state index is -1.15. The minimum Gasteiger partial charge on any atom is -0.508 e. The topological polar surface area (TPSA) is 215 Å². The lowest BCUT2D eigenvalue weighted by molar-refractivity contribution is -0.188. The van der Waals surface area contributed by atoms with Crippen molar-refractivity contribution in [2.45, 2.75) is 101 Å². The molecular formula is C42H57N5O9S. The van der Waals surface area contributed by atoms with Crippen molar-refractivity contribution in [3.05, 3.63) is 65.7 Å². The normalized spacial score (nSPS) is 25.0. The lowest BCUT2D eigenvalue weighted by atomic mass is 9.41. The van der Waals surface area contributed by atoms with Crippen molar-refractivity contribution >= 4 is 47.3 Å². The highest BCUT2D eigenvalue weighted by Crippen LogP contribution is 2.64. The number of ether oxygens (including phenoxy) is 2. The molecule has 6 atom stereocenters. The molecule has 4 saturated carbocycles. The highest BCUT2D eigenvalue weighted by Gasteiger charge is 2.68. The molecule has 0 heterocycles. The SMILES string of the molecule is COC(=O)C12CC3CC(CC(N)(C3)C1C(=O)[C@H](Cc1ccccc1)NC(=O)CNC(=O)[C@@H](CCSC)NC(=O)[C@H](Cc1ccc(O)cc1)NC(=O)OC(C)(C)C)C2. The van der Waals surface area contributed by atoms with E-state index in [2.05, 4.69) is 21.3 Å². The highest BCUT2D eigenvalue weighted by atomic mass is 32.2. The van der Waals surface area contributed by atoms with Crippen LogP contribution in [0.1, 0.15) is 70.4 Å². The van der Waals surface area contributed by atoms with Gasteiger partial charge in [-0.15, -0.1) is 0 Å². The van der Waals surface area contributed by atoms with E-state index in [0.717, 1.165) is 12.0 Å². The van der Waals surface area contributed by atoms with Crippen molar-refractivity contribution in [2.24, 2.45) is 28.9 Å². The van der Waals surface area contributed by atoms with Gasteiger partial charge in [-0.1, -0.05) is 42.5 Å². The largest absolute Gasteiger partial charge is 0.508 e. The summed E-state index contributed by atoms with van der Waals surface area (Å²) in [6.45, 7) is 4.57. The Morgan fingerprint density at radius 2 is 1.46 bits per heavy atom. The number of benzene rings is 2. The number of carbonyl (C=O) groups excluding carboxylic acids is 6. The van der Waals surface area contributed by atoms with E-state index in [-0.39, 0.29) is 42.6 Å². The number of esters is 1. The third kappa shape index (κ3) is 10.9. The zero-order valence-corrected chi connectivity index (χ0v) is 34.2. The molecule has 310 valence electrons. The second kappa shape index (κ2) is 18.3. The Labute approximate surface area is 338 Å². The second-order valence-corrected chi connectivity index (χ2v) is 17.9. The standard InChI is InChI=1S/C42H57N5O9S/c1-40(2,3)56-39(54)47-32(19-26-11-13-29(48)14-12-26)37(52)46-30(15-16-57-5)36(51)44-24-33(49)45-31(18-25-9-7-6-8-10-25)34(50)35-41(38(53)55-4)20-27-17-28(21-41)23-42(35,43)22-27/h6-14,27-28,30-32,35,48H,15-24,43H2,1-5H3,(H,44,51)(H,45,49)(H,46,52)(H,47,54)/t27?,28?,30-,31+,32+,35?,41?,42?/m1/s1. The summed E-state index contributed by atoms with van der Waals surface area (Å²) < 4.78 is 10.7. The van der Waals surface area contributed by atoms with E-state index in [1.807, 2.05) is 36.6 Å². The molecule has 6 rings (SSSR count). The fraction of sp³-hybridized carbons (Fsp3) is 0.571. The van der Waals surface area contributed by atoms with E-state index < -0.39 is 76.9 Å². The van der Waals surface area contributed by atoms with E-state index in [1.165, 1.54) is 31.0 Å². The van der Waals surface area contributed by atoms with Crippen LogP contribution in [-0.2, 0) is 46.3 Å². The molecule has 7 N–H and O–H groups in total. The van der Waals surface area contributed by atoms with Crippen LogP contribution in [0.5, 0.6) is 5.75 Å². The maximum atomic E-state index is 14.8. The van der Waals surface area contributed by atoms with E-state index in [9.17, 15) is 33.9 Å². The molecule has 2 aromatic carbocycles. The average Bonchev–Trinajstić information content (AvgIpc) is 3.14. The lowest BCUT2D eigenvalue weighted by Gasteiger charge is -2.63. The number of carbonyl (C=O) groups is 6. The number of hydrogen-bond donors (Lipinski definition) is 6. The van der Waals surface area contributed by atoms with Gasteiger partial charge in [-0.05, 0) is 113 Å². The van der Waals surface area contributed by atoms with Gasteiger partial charge in [-0.25, -0.2) is 4.79 Å². The molecular weight excluding hydrogens is 751 g/mol. The summed E-state index contributed by atoms with van der Waals surface area (Å²) in [6, 6.07) is 12.1. The molecule has 57 heavy (non-hydrogen) atoms. The van der Waals surface area contributed by atoms with Gasteiger partial charge in [0.1, 0.15) is 23.4 Å². The maximum Gasteiger partial charge on any atom is 0.408 e. The molecule has 4 fully saturated rings. The Hall–Kier alpha value is -4.63. The number of hydrogen-bond acceptors (Lipinski definition) is 11. The van der Waals surface area contributed by atoms with E-state index in [4.69, 9.17) is 15.2 Å². The molecule has 0 aromatic heterocycles. The number of phenolic OH excluding ortho intramolecular Hbond substituents is 1. The number of ketones is 1. The summed E-state index contributed by atoms with van der Waals surface area (Å²) in [5.41, 5.74) is 5.68. The van der Waals surface area contributed by atoms with Crippen LogP contribution < -0.4 is 27.0 Å². The van der Waals surface area contributed by atoms with Crippen molar-refractivity contribution in [3.63, 3.8) is 0 Å². The van der Waals surface area contributed by atoms with Crippen LogP contribution in [0.4, 0.5) is 4.79 Å². The Balaban J connectivity index is 1.30. The van der Waals surface area contributed by atoms with Gasteiger partial charge in [-0.2, -0.15) is 11.8 Å². The number of amides is 4. The molecule has 14 nitrogen and oxygen atoms in total. The lowest BCUT2D eigenvalue weighted by Crippen LogP contribution is -2.72. The Morgan fingerprint density at radius 1 is 0.842 bits per heavy atom. The summed E-state index contributed by atoms with van der Waals surface area (Å²) in [7, 11) is 1.33. The predicted molar refractivity (Wildman–Crippen MR) is 215 cm³/mol. The molecule has 4 bridgehead atoms. The number of rotatable bonds is 17. The number of Topliss-reactive ketones (excluding diaryl/α,β-unsaturated/α-hetero) is 1. The molecule has 4 aliphatic carbocycles. The number of thioether (sulfide) groups is 1. The molecule has 0 spiro atoms. The number of methoxy groups -OCH3 is 1. The first-order chi connectivity index (χ1) is 26.9. The van der Waals surface area contributed by atoms with Gasteiger partial charge in [0.05, 0.1) is 31.0 Å². The second-order valence-electron chi connectivity index (χ2n) is 16.9. The summed E-state index contributed by atoms with van der Waals surface area (Å²) in [6.07, 6.45) is 4.66. The first-order valence-corrected chi connectivity index (χ1v) is 20.9. The number of nitrogens with two attached hydrogens (primary N) is 1. The van der Waals surface area contributed by atoms with Crippen molar-refractivity contribution < 1.29 is 43.3 Å². The van der Waals surface area contributed by atoms with Crippen LogP contribution in [0.25, 0.3) is 0 Å². The van der Waals surface area contributed by atoms with Gasteiger partial charge in [0.15, 0.2) is 5.78 Å². The van der Waals surface area contributed by atoms with Crippen molar-refractivity contribution in [1.29, 1.82) is 0 Å². The minimum absolute atomic E-state index is 0.0329. The van der Waals surface area contributed by atoms with Crippen molar-refractivity contribution in [2.75, 3.05) is 25.7 Å². The molecule has 4 amide bonds. The van der Waals surface area contributed by atoms with Crippen LogP contribution in [0.15, 0.2) is 54.6 Å². The van der Waals surface area contributed by atoms with Gasteiger partial charge in [-0.3, -0.25) is 24.0 Å². The van der Waals surface area contributed by atoms with Gasteiger partial charge in [0.2, 0.25) is 17.7 Å². The summed E-state index contributed by atoms with van der Waals surface area (Å²) in [5.74, 6) is -2.57. The molecule has 0 radical (unpaired) electrons. The van der Waals surface area contributed by atoms with E-state index in [1.54, 1.807) is 32.9 Å². The van der Waals surface area contributed by atoms with E-state index in [0.29, 0.717) is 37.0 Å². The molecule has 3 unspecified atom stereocenters. The zero-order valence-electron chi connectivity index (χ0n) is 33.4. The van der Waals surface area contributed by atoms with Crippen LogP contribution in [0.2, 0.25) is 0 Å². The molecule has 0 aliphatic heterocycles. The zero-order chi connectivity index (χ0) is 41.5. The van der Waals surface area contributed by atoms with Crippen LogP contribution in [-0.4, -0.2) is 95.6 Å². The third-order valence-corrected chi connectivity index (χ3v) is 12.0. The fourth-order valence-corrected chi connectivity index (χ4v) is 9.87. The van der Waals surface area contributed by atoms with Crippen LogP contribution in [0.3, 0.4) is 0 Å². The first-order valence-electron chi connectivity index (χ1n) is 19.5. The third-order valence-electron chi connectivity index (χ3n) is 11.3. The Morgan fingerprint density at radius 3 is 2.05 bits per heavy atom. The molecule has 15 heteroatoms. The number of alkyl carbamates (subject to hydrolysis) is 1. The Bertz CT molecular complexity index is 1770. The summed E-state index contributed by atoms with van der Waals surface area (Å²) in [4.78, 5) is 82.1. The molecule has 2 aromatic rings. The fourth-order valence-electron chi connectivity index (χ4n) is 9.40. The predicted octanol–water partition coefficient (Wildman–Crippen LogP) is 3.18. The monoisotopic (exact) mass is 807 g/mol. The number of aromatic hydroxyl groups is 1. The van der Waals surface area contributed by atoms with Gasteiger partial charge in [0.25, 0.3) is 0 Å². The van der Waals surface area contributed by atoms with Crippen LogP contribution >= 0.6 is 11.8 Å². The van der Waals surface area contributed by atoms with Gasteiger partial charge >= 0.3 is 12.1 Å². The van der Waals surface area contributed by atoms with Gasteiger partial charge in [0, 0.05) is 12.0 Å². The summed E-state index contributed by atoms with van der Waals surface area (Å²) >= 11 is 1.46. The number of nitrogens with one attached hydrogen (secondary N) is 4.